The van der Waals surface area contributed by atoms with Gasteiger partial charge >= 0.3 is 11.9 Å². The van der Waals surface area contributed by atoms with Crippen LogP contribution in [0.25, 0.3) is 0 Å². The molecule has 1 heterocycles. The molecule has 0 bridgehead atoms. The number of rotatable bonds is 45. The maximum absolute atomic E-state index is 14.7. The second kappa shape index (κ2) is 41.0. The van der Waals surface area contributed by atoms with Crippen molar-refractivity contribution in [3.8, 4) is 11.5 Å². The average Bonchev–Trinajstić information content (AvgIpc) is 1.75. The first-order chi connectivity index (χ1) is 46.8. The third-order valence-corrected chi connectivity index (χ3v) is 17.4. The van der Waals surface area contributed by atoms with E-state index in [0.717, 1.165) is 0 Å². The third kappa shape index (κ3) is 28.4. The summed E-state index contributed by atoms with van der Waals surface area (Å²) in [6, 6.07) is 11.7. The van der Waals surface area contributed by atoms with Gasteiger partial charge in [0.2, 0.25) is 47.3 Å². The minimum atomic E-state index is -1.77. The first kappa shape index (κ1) is 81.8. The number of aromatic hydroxyl groups is 2. The summed E-state index contributed by atoms with van der Waals surface area (Å²) < 4.78 is 0. The Morgan fingerprint density at radius 2 is 1.06 bits per heavy atom. The highest BCUT2D eigenvalue weighted by Crippen LogP contribution is 2.27. The van der Waals surface area contributed by atoms with Crippen molar-refractivity contribution in [3.05, 3.63) is 95.6 Å². The number of guanidine groups is 1. The highest BCUT2D eigenvalue weighted by molar-refractivity contribution is 7.80. The number of aliphatic hydroxyl groups is 1. The number of thiol groups is 1. The number of nitrogens with one attached hydrogen (secondary N) is 6. The Morgan fingerprint density at radius 1 is 0.556 bits per heavy atom. The van der Waals surface area contributed by atoms with Gasteiger partial charge in [-0.25, -0.2) is 0 Å². The Bertz CT molecular complexity index is 3350. The van der Waals surface area contributed by atoms with Gasteiger partial charge in [0.25, 0.3) is 0 Å². The Morgan fingerprint density at radius 3 is 1.59 bits per heavy atom. The molecule has 0 spiro atoms. The van der Waals surface area contributed by atoms with Crippen molar-refractivity contribution in [3.63, 3.8) is 0 Å². The summed E-state index contributed by atoms with van der Waals surface area (Å²) in [5.41, 5.74) is 23.7. The molecule has 11 atom stereocenters. The van der Waals surface area contributed by atoms with E-state index in [-0.39, 0.29) is 98.9 Å². The van der Waals surface area contributed by atoms with Crippen LogP contribution < -0.4 is 54.5 Å². The van der Waals surface area contributed by atoms with Gasteiger partial charge in [0.05, 0.1) is 50.2 Å². The van der Waals surface area contributed by atoms with Crippen molar-refractivity contribution >= 4 is 101 Å². The smallest absolute Gasteiger partial charge is 0.338 e. The molecule has 1 aliphatic rings. The number of carbonyl (C=O) groups excluding carboxylic acids is 13. The van der Waals surface area contributed by atoms with Gasteiger partial charge in [-0.2, -0.15) is 12.6 Å². The zero-order chi connectivity index (χ0) is 73.6. The van der Waals surface area contributed by atoms with E-state index in [1.165, 1.54) is 48.2 Å². The lowest BCUT2D eigenvalue weighted by Crippen LogP contribution is -2.78. The summed E-state index contributed by atoms with van der Waals surface area (Å²) in [6.07, 6.45) is -3.79. The molecule has 1 fully saturated rings. The number of aliphatic hydroxyl groups excluding tert-OH is 1. The first-order valence-electron chi connectivity index (χ1n) is 33.0. The molecule has 0 unspecified atom stereocenters. The molecule has 4 rings (SSSR count). The molecule has 1 aliphatic heterocycles. The van der Waals surface area contributed by atoms with E-state index in [2.05, 4.69) is 44.2 Å². The molecule has 8 amide bonds. The predicted molar refractivity (Wildman–Crippen MR) is 364 cm³/mol. The van der Waals surface area contributed by atoms with E-state index < -0.39 is 188 Å². The molecule has 18 N–H and O–H groups in total. The highest BCUT2D eigenvalue weighted by Gasteiger charge is 2.41. The molecule has 1 saturated heterocycles. The average molecular weight is 1400 g/mol. The predicted octanol–water partition coefficient (Wildman–Crippen LogP) is -1.21. The number of nitrogens with two attached hydrogens (primary N) is 4. The lowest BCUT2D eigenvalue weighted by atomic mass is 9.86. The van der Waals surface area contributed by atoms with Gasteiger partial charge in [0.1, 0.15) is 29.4 Å². The molecule has 0 saturated carbocycles. The van der Waals surface area contributed by atoms with E-state index in [1.807, 2.05) is 13.8 Å². The number of hydrogen-bond donors (Lipinski definition) is 15. The van der Waals surface area contributed by atoms with Crippen molar-refractivity contribution in [1.82, 2.24) is 31.5 Å². The van der Waals surface area contributed by atoms with Gasteiger partial charge in [-0.3, -0.25) is 83.6 Å². The monoisotopic (exact) mass is 1400 g/mol. The van der Waals surface area contributed by atoms with Crippen LogP contribution in [0.2, 0.25) is 0 Å². The number of hydrogen-bond acceptors (Lipinski definition) is 18. The van der Waals surface area contributed by atoms with Crippen LogP contribution in [0.15, 0.2) is 78.9 Å². The van der Waals surface area contributed by atoms with Crippen LogP contribution in [0.5, 0.6) is 11.5 Å². The fraction of sp³-hybridized carbons (Fsp3) is 0.522. The van der Waals surface area contributed by atoms with E-state index in [4.69, 9.17) is 22.9 Å². The van der Waals surface area contributed by atoms with Crippen LogP contribution in [0, 0.1) is 35.5 Å². The maximum atomic E-state index is 14.7. The Hall–Kier alpha value is -9.58. The minimum absolute atomic E-state index is 0.00894. The number of Topliss-reactive ketones (excluding diaryl/α,β-unsaturated/α-hetero) is 5. The summed E-state index contributed by atoms with van der Waals surface area (Å²) in [5, 5.41) is 51.9. The summed E-state index contributed by atoms with van der Waals surface area (Å²) in [7, 11) is 0. The molecule has 540 valence electrons. The molecule has 29 nitrogen and oxygen atoms in total. The molecule has 0 aliphatic carbocycles. The van der Waals surface area contributed by atoms with Crippen molar-refractivity contribution in [2.45, 2.75) is 167 Å². The topological polar surface area (TPSA) is 501 Å². The lowest BCUT2D eigenvalue weighted by Gasteiger charge is -2.30. The van der Waals surface area contributed by atoms with E-state index in [0.29, 0.717) is 29.5 Å². The van der Waals surface area contributed by atoms with Crippen LogP contribution in [-0.4, -0.2) is 175 Å². The standard InChI is InChI=1S/C69H95N11O18S/c1-38(2)26-39(3)56(85)31-44(28-42-14-18-47(82)19-15-42)65(95)76-49(12-8-24-74-69(72)73)57(86)27-40(4)64(94)77-50(34-60(70)89)55(84)22-23-61(90)75-51(35-62(91)92)58(87)33-46(30-41-10-6-5-7-11-41)68(98)80-25-9-13-54(80)67(97)79-53(37-99)59(88)32-45(29-43-16-20-48(83)21-17-43)66(96)78-52(36-81)63(71)93/h5-7,10-11,14-21,38-40,44-46,49-54,81-83,99H,8-9,12-13,22-37H2,1-4H3,(H2,70,89)(H2,71,93)(H,75,90)(H,76,95)(H,77,94)(H,78,96)(H,79,97)(H,91,92)(H4,72,73,74)/p+1/t39-,40+,44+,45+,46+,49-,50-,51-,52-,53-,54-/m0/s1. The Balaban J connectivity index is 1.47. The lowest BCUT2D eigenvalue weighted by molar-refractivity contribution is -0.459. The van der Waals surface area contributed by atoms with Crippen molar-refractivity contribution < 1.29 is 92.5 Å². The van der Waals surface area contributed by atoms with Gasteiger partial charge in [-0.15, -0.1) is 0 Å². The molecule has 0 radical (unpaired) electrons. The number of ketones is 5. The summed E-state index contributed by atoms with van der Waals surface area (Å²) in [5.74, 6) is -16.8. The van der Waals surface area contributed by atoms with E-state index in [1.54, 1.807) is 49.4 Å². The molecule has 3 aromatic rings. The van der Waals surface area contributed by atoms with Gasteiger partial charge in [-0.05, 0) is 98.2 Å². The van der Waals surface area contributed by atoms with Crippen molar-refractivity contribution in [2.75, 3.05) is 25.4 Å². The number of primary amides is 2. The molecular weight excluding hydrogens is 1300 g/mol. The molecular formula is C69H96N11O18S+. The van der Waals surface area contributed by atoms with Crippen molar-refractivity contribution in [2.24, 2.45) is 58.4 Å². The maximum Gasteiger partial charge on any atom is 0.338 e. The van der Waals surface area contributed by atoms with Gasteiger partial charge < -0.3 is 63.4 Å². The van der Waals surface area contributed by atoms with Gasteiger partial charge in [0, 0.05) is 80.4 Å². The number of carboxylic acid groups (broad SMARTS) is 1. The number of benzene rings is 3. The summed E-state index contributed by atoms with van der Waals surface area (Å²) in [6.45, 7) is 6.46. The fourth-order valence-corrected chi connectivity index (χ4v) is 11.9. The van der Waals surface area contributed by atoms with Crippen LogP contribution in [0.4, 0.5) is 0 Å². The van der Waals surface area contributed by atoms with Gasteiger partial charge in [0.15, 0.2) is 23.1 Å². The SMILES string of the molecule is CC(C)C[C@H](C)C(=O)C[C@@H](Cc1ccc(O)cc1)C(=O)N[C@@H](CCC[NH+]=C(N)N)C(=O)C[C@@H](C)C(=O)N[C@@H](CC(N)=O)C(=O)CCC(=O)N[C@@H](CC(=O)O)C(=O)C[C@@H](Cc1ccccc1)C(=O)N1CCC[C@H]1C(=O)N[C@@H](CS)C(=O)C[C@@H](Cc1ccc(O)cc1)C(=O)N[C@@H](CO)C(N)=O. The Kier molecular flexibility index (Phi) is 33.9. The highest BCUT2D eigenvalue weighted by atomic mass is 32.1. The zero-order valence-electron chi connectivity index (χ0n) is 56.3. The van der Waals surface area contributed by atoms with E-state index >= 15 is 0 Å². The molecule has 99 heavy (non-hydrogen) atoms. The number of nitrogens with zero attached hydrogens (tertiary/aromatic N) is 1. The van der Waals surface area contributed by atoms with E-state index in [9.17, 15) is 87.5 Å². The second-order valence-electron chi connectivity index (χ2n) is 25.7. The normalized spacial score (nSPS) is 15.7. The second-order valence-corrected chi connectivity index (χ2v) is 26.1. The molecule has 0 aromatic heterocycles. The molecule has 3 aromatic carbocycles. The molecule has 30 heteroatoms. The van der Waals surface area contributed by atoms with Gasteiger partial charge in [-0.1, -0.05) is 82.3 Å². The Labute approximate surface area is 580 Å². The number of carbonyl (C=O) groups is 14. The first-order valence-corrected chi connectivity index (χ1v) is 33.6. The summed E-state index contributed by atoms with van der Waals surface area (Å²) >= 11 is 4.30. The largest absolute Gasteiger partial charge is 0.508 e. The number of carboxylic acids is 1. The number of phenols is 2. The minimum Gasteiger partial charge on any atom is -0.508 e. The van der Waals surface area contributed by atoms with Crippen molar-refractivity contribution in [1.29, 1.82) is 0 Å². The van der Waals surface area contributed by atoms with Crippen LogP contribution in [-0.2, 0) is 86.4 Å². The number of aliphatic carboxylic acids is 1. The summed E-state index contributed by atoms with van der Waals surface area (Å²) in [4.78, 5) is 194. The number of amides is 8. The van der Waals surface area contributed by atoms with Crippen LogP contribution in [0.1, 0.15) is 128 Å². The van der Waals surface area contributed by atoms with Crippen LogP contribution in [0.3, 0.4) is 0 Å². The number of likely N-dealkylation sites (tertiary alicyclic amines) is 1. The third-order valence-electron chi connectivity index (χ3n) is 17.0. The fourth-order valence-electron chi connectivity index (χ4n) is 11.6. The zero-order valence-corrected chi connectivity index (χ0v) is 57.2. The number of phenolic OH excluding ortho intramolecular Hbond substituents is 2. The quantitative estimate of drug-likeness (QED) is 0.0137. The van der Waals surface area contributed by atoms with Crippen LogP contribution >= 0.6 is 12.6 Å².